The summed E-state index contributed by atoms with van der Waals surface area (Å²) in [7, 11) is 0. The minimum absolute atomic E-state index is 0.275. The van der Waals surface area contributed by atoms with Gasteiger partial charge in [0.2, 0.25) is 6.79 Å². The van der Waals surface area contributed by atoms with Crippen LogP contribution in [0.2, 0.25) is 0 Å². The maximum absolute atomic E-state index is 5.43. The van der Waals surface area contributed by atoms with Gasteiger partial charge in [-0.2, -0.15) is 0 Å². The zero-order valence-corrected chi connectivity index (χ0v) is 9.45. The van der Waals surface area contributed by atoms with Gasteiger partial charge < -0.3 is 18.9 Å². The topological polar surface area (TPSA) is 36.9 Å². The Morgan fingerprint density at radius 2 is 1.73 bits per heavy atom. The van der Waals surface area contributed by atoms with Crippen LogP contribution in [0.4, 0.5) is 0 Å². The first-order valence-electron chi connectivity index (χ1n) is 4.67. The lowest BCUT2D eigenvalue weighted by Gasteiger charge is -2.11. The molecular formula is C10H9BrO4. The Morgan fingerprint density at radius 1 is 1.07 bits per heavy atom. The Labute approximate surface area is 95.2 Å². The number of fused-ring (bicyclic) bond motifs is 1. The normalized spacial score (nSPS) is 19.8. The summed E-state index contributed by atoms with van der Waals surface area (Å²) in [4.78, 5) is 0. The number of benzene rings is 1. The summed E-state index contributed by atoms with van der Waals surface area (Å²) in [5.41, 5.74) is 0.941. The van der Waals surface area contributed by atoms with Crippen molar-refractivity contribution in [2.75, 3.05) is 20.0 Å². The molecule has 0 amide bonds. The minimum atomic E-state index is -0.297. The maximum atomic E-state index is 5.43. The number of rotatable bonds is 1. The lowest BCUT2D eigenvalue weighted by molar-refractivity contribution is -0.0447. The third-order valence-electron chi connectivity index (χ3n) is 2.37. The molecule has 1 aromatic carbocycles. The first-order chi connectivity index (χ1) is 7.34. The van der Waals surface area contributed by atoms with Crippen LogP contribution in [0.1, 0.15) is 11.9 Å². The molecule has 0 radical (unpaired) electrons. The third kappa shape index (κ3) is 1.60. The standard InChI is InChI=1S/C10H9BrO4/c11-7-4-9-8(14-5-15-9)3-6(7)10-12-1-2-13-10/h3-4,10H,1-2,5H2. The predicted molar refractivity (Wildman–Crippen MR) is 54.9 cm³/mol. The van der Waals surface area contributed by atoms with Crippen LogP contribution in [0.15, 0.2) is 16.6 Å². The molecule has 0 spiro atoms. The molecule has 80 valence electrons. The molecule has 5 heteroatoms. The Bertz CT molecular complexity index is 387. The monoisotopic (exact) mass is 272 g/mol. The second-order valence-electron chi connectivity index (χ2n) is 3.30. The third-order valence-corrected chi connectivity index (χ3v) is 3.05. The summed E-state index contributed by atoms with van der Waals surface area (Å²) < 4.78 is 22.3. The zero-order chi connectivity index (χ0) is 10.3. The van der Waals surface area contributed by atoms with Gasteiger partial charge in [0.15, 0.2) is 17.8 Å². The highest BCUT2D eigenvalue weighted by Crippen LogP contribution is 2.40. The van der Waals surface area contributed by atoms with E-state index >= 15 is 0 Å². The van der Waals surface area contributed by atoms with E-state index in [9.17, 15) is 0 Å². The van der Waals surface area contributed by atoms with Crippen LogP contribution in [0.5, 0.6) is 11.5 Å². The van der Waals surface area contributed by atoms with Crippen LogP contribution in [0.25, 0.3) is 0 Å². The zero-order valence-electron chi connectivity index (χ0n) is 7.86. The van der Waals surface area contributed by atoms with Crippen molar-refractivity contribution in [2.24, 2.45) is 0 Å². The molecule has 2 aliphatic rings. The summed E-state index contributed by atoms with van der Waals surface area (Å²) in [5, 5.41) is 0. The van der Waals surface area contributed by atoms with E-state index in [2.05, 4.69) is 15.9 Å². The quantitative estimate of drug-likeness (QED) is 0.786. The highest BCUT2D eigenvalue weighted by atomic mass is 79.9. The Balaban J connectivity index is 2.00. The largest absolute Gasteiger partial charge is 0.454 e. The van der Waals surface area contributed by atoms with Crippen molar-refractivity contribution >= 4 is 15.9 Å². The van der Waals surface area contributed by atoms with E-state index in [1.54, 1.807) is 0 Å². The molecular weight excluding hydrogens is 264 g/mol. The molecule has 1 aromatic rings. The van der Waals surface area contributed by atoms with Crippen LogP contribution in [0, 0.1) is 0 Å². The van der Waals surface area contributed by atoms with Crippen LogP contribution in [-0.4, -0.2) is 20.0 Å². The first kappa shape index (κ1) is 9.45. The van der Waals surface area contributed by atoms with Gasteiger partial charge in [-0.3, -0.25) is 0 Å². The van der Waals surface area contributed by atoms with Crippen LogP contribution in [-0.2, 0) is 9.47 Å². The van der Waals surface area contributed by atoms with Gasteiger partial charge in [0.05, 0.1) is 13.2 Å². The van der Waals surface area contributed by atoms with Gasteiger partial charge in [-0.25, -0.2) is 0 Å². The molecule has 2 aliphatic heterocycles. The molecule has 0 N–H and O–H groups in total. The summed E-state index contributed by atoms with van der Waals surface area (Å²) >= 11 is 3.46. The SMILES string of the molecule is Brc1cc2c(cc1C1OCCO1)OCO2. The lowest BCUT2D eigenvalue weighted by atomic mass is 10.2. The van der Waals surface area contributed by atoms with Crippen molar-refractivity contribution in [1.29, 1.82) is 0 Å². The minimum Gasteiger partial charge on any atom is -0.454 e. The molecule has 0 atom stereocenters. The fourth-order valence-electron chi connectivity index (χ4n) is 1.65. The molecule has 0 saturated carbocycles. The van der Waals surface area contributed by atoms with Gasteiger partial charge in [-0.15, -0.1) is 0 Å². The van der Waals surface area contributed by atoms with E-state index < -0.39 is 0 Å². The number of hydrogen-bond acceptors (Lipinski definition) is 4. The van der Waals surface area contributed by atoms with Gasteiger partial charge in [0.1, 0.15) is 0 Å². The van der Waals surface area contributed by atoms with Crippen molar-refractivity contribution in [1.82, 2.24) is 0 Å². The van der Waals surface area contributed by atoms with Gasteiger partial charge in [0, 0.05) is 10.0 Å². The highest BCUT2D eigenvalue weighted by molar-refractivity contribution is 9.10. The maximum Gasteiger partial charge on any atom is 0.231 e. The fourth-order valence-corrected chi connectivity index (χ4v) is 2.16. The fraction of sp³-hybridized carbons (Fsp3) is 0.400. The molecule has 1 fully saturated rings. The van der Waals surface area contributed by atoms with Crippen molar-refractivity contribution in [3.8, 4) is 11.5 Å². The van der Waals surface area contributed by atoms with Crippen molar-refractivity contribution in [3.63, 3.8) is 0 Å². The van der Waals surface area contributed by atoms with Gasteiger partial charge in [-0.1, -0.05) is 15.9 Å². The number of halogens is 1. The van der Waals surface area contributed by atoms with E-state index in [1.807, 2.05) is 12.1 Å². The Morgan fingerprint density at radius 3 is 2.47 bits per heavy atom. The molecule has 15 heavy (non-hydrogen) atoms. The van der Waals surface area contributed by atoms with Crippen LogP contribution >= 0.6 is 15.9 Å². The van der Waals surface area contributed by atoms with E-state index in [0.717, 1.165) is 21.5 Å². The molecule has 0 aromatic heterocycles. The summed E-state index contributed by atoms with van der Waals surface area (Å²) in [5.74, 6) is 1.50. The van der Waals surface area contributed by atoms with Crippen LogP contribution in [0.3, 0.4) is 0 Å². The van der Waals surface area contributed by atoms with Gasteiger partial charge in [-0.05, 0) is 12.1 Å². The van der Waals surface area contributed by atoms with Crippen molar-refractivity contribution < 1.29 is 18.9 Å². The summed E-state index contributed by atoms with van der Waals surface area (Å²) in [6.45, 7) is 1.54. The molecule has 2 heterocycles. The molecule has 1 saturated heterocycles. The predicted octanol–water partition coefficient (Wildman–Crippen LogP) is 2.22. The van der Waals surface area contributed by atoms with E-state index in [4.69, 9.17) is 18.9 Å². The smallest absolute Gasteiger partial charge is 0.231 e. The van der Waals surface area contributed by atoms with Gasteiger partial charge in [0.25, 0.3) is 0 Å². The highest BCUT2D eigenvalue weighted by Gasteiger charge is 2.24. The van der Waals surface area contributed by atoms with E-state index in [-0.39, 0.29) is 13.1 Å². The summed E-state index contributed by atoms with van der Waals surface area (Å²) in [6.07, 6.45) is -0.297. The molecule has 3 rings (SSSR count). The van der Waals surface area contributed by atoms with Crippen LogP contribution < -0.4 is 9.47 Å². The van der Waals surface area contributed by atoms with Gasteiger partial charge >= 0.3 is 0 Å². The molecule has 4 nitrogen and oxygen atoms in total. The van der Waals surface area contributed by atoms with Crippen molar-refractivity contribution in [2.45, 2.75) is 6.29 Å². The average molecular weight is 273 g/mol. The van der Waals surface area contributed by atoms with E-state index in [0.29, 0.717) is 13.2 Å². The Kier molecular flexibility index (Phi) is 2.31. The van der Waals surface area contributed by atoms with E-state index in [1.165, 1.54) is 0 Å². The molecule has 0 bridgehead atoms. The number of ether oxygens (including phenoxy) is 4. The average Bonchev–Trinajstić information content (AvgIpc) is 2.85. The molecule has 0 aliphatic carbocycles. The number of hydrogen-bond donors (Lipinski definition) is 0. The Hall–Kier alpha value is -0.780. The van der Waals surface area contributed by atoms with Crippen molar-refractivity contribution in [3.05, 3.63) is 22.2 Å². The summed E-state index contributed by atoms with van der Waals surface area (Å²) in [6, 6.07) is 3.77. The second kappa shape index (κ2) is 3.66. The lowest BCUT2D eigenvalue weighted by Crippen LogP contribution is -1.99. The first-order valence-corrected chi connectivity index (χ1v) is 5.46. The molecule has 0 unspecified atom stereocenters. The second-order valence-corrected chi connectivity index (χ2v) is 4.15.